The summed E-state index contributed by atoms with van der Waals surface area (Å²) in [6, 6.07) is 8.73. The zero-order chi connectivity index (χ0) is 14.8. The Balaban J connectivity index is 1.93. The van der Waals surface area contributed by atoms with E-state index >= 15 is 0 Å². The van der Waals surface area contributed by atoms with Crippen molar-refractivity contribution in [3.63, 3.8) is 0 Å². The molecule has 2 rings (SSSR count). The third kappa shape index (κ3) is 2.56. The Hall–Kier alpha value is -2.18. The van der Waals surface area contributed by atoms with Crippen LogP contribution in [-0.4, -0.2) is 30.6 Å². The van der Waals surface area contributed by atoms with E-state index in [0.717, 1.165) is 7.11 Å². The monoisotopic (exact) mass is 285 g/mol. The molecule has 0 aromatic heterocycles. The summed E-state index contributed by atoms with van der Waals surface area (Å²) in [7, 11) is 0.982. The van der Waals surface area contributed by atoms with Gasteiger partial charge >= 0.3 is 12.1 Å². The van der Waals surface area contributed by atoms with E-state index in [4.69, 9.17) is 4.74 Å². The average molecular weight is 285 g/mol. The highest BCUT2D eigenvalue weighted by Crippen LogP contribution is 2.53. The minimum atomic E-state index is -3.31. The molecule has 1 aromatic carbocycles. The third-order valence-electron chi connectivity index (χ3n) is 3.05. The molecule has 0 aliphatic heterocycles. The number of rotatable bonds is 4. The van der Waals surface area contributed by atoms with Crippen LogP contribution in [0.3, 0.4) is 0 Å². The van der Waals surface area contributed by atoms with Gasteiger partial charge in [0.05, 0.1) is 13.5 Å². The Morgan fingerprint density at radius 2 is 1.90 bits per heavy atom. The average Bonchev–Trinajstić information content (AvgIpc) is 2.99. The zero-order valence-electron chi connectivity index (χ0n) is 10.7. The second-order valence-electron chi connectivity index (χ2n) is 4.46. The van der Waals surface area contributed by atoms with Crippen molar-refractivity contribution in [3.05, 3.63) is 35.9 Å². The molecule has 1 fully saturated rings. The number of halogens is 2. The SMILES string of the molecule is COC(=O)C1(NC(=O)OCc2ccccc2)CC1(F)F. The lowest BCUT2D eigenvalue weighted by molar-refractivity contribution is -0.147. The second-order valence-corrected chi connectivity index (χ2v) is 4.46. The number of hydrogen-bond acceptors (Lipinski definition) is 4. The van der Waals surface area contributed by atoms with Gasteiger partial charge in [-0.25, -0.2) is 18.4 Å². The molecule has 1 saturated carbocycles. The van der Waals surface area contributed by atoms with Crippen LogP contribution in [0.5, 0.6) is 0 Å². The molecule has 1 N–H and O–H groups in total. The van der Waals surface area contributed by atoms with Gasteiger partial charge in [0.2, 0.25) is 5.54 Å². The molecule has 7 heteroatoms. The Kier molecular flexibility index (Phi) is 3.61. The quantitative estimate of drug-likeness (QED) is 0.858. The summed E-state index contributed by atoms with van der Waals surface area (Å²) >= 11 is 0. The van der Waals surface area contributed by atoms with E-state index in [1.54, 1.807) is 30.3 Å². The van der Waals surface area contributed by atoms with E-state index in [1.807, 2.05) is 5.32 Å². The molecule has 0 heterocycles. The van der Waals surface area contributed by atoms with Gasteiger partial charge in [-0.05, 0) is 5.56 Å². The standard InChI is InChI=1S/C13H13F2NO4/c1-19-10(17)12(8-13(12,14)15)16-11(18)20-7-9-5-3-2-4-6-9/h2-6H,7-8H2,1H3,(H,16,18). The molecular formula is C13H13F2NO4. The number of ether oxygens (including phenoxy) is 2. The van der Waals surface area contributed by atoms with Crippen molar-refractivity contribution in [2.24, 2.45) is 0 Å². The maximum absolute atomic E-state index is 13.2. The first-order valence-electron chi connectivity index (χ1n) is 5.86. The normalized spacial score (nSPS) is 22.8. The van der Waals surface area contributed by atoms with Gasteiger partial charge in [0.15, 0.2) is 0 Å². The second kappa shape index (κ2) is 5.07. The first-order valence-corrected chi connectivity index (χ1v) is 5.86. The fourth-order valence-electron chi connectivity index (χ4n) is 1.80. The minimum Gasteiger partial charge on any atom is -0.467 e. The number of benzene rings is 1. The van der Waals surface area contributed by atoms with Crippen molar-refractivity contribution < 1.29 is 27.8 Å². The van der Waals surface area contributed by atoms with Gasteiger partial charge in [-0.1, -0.05) is 30.3 Å². The summed E-state index contributed by atoms with van der Waals surface area (Å²) < 4.78 is 35.6. The van der Waals surface area contributed by atoms with Crippen molar-refractivity contribution in [1.82, 2.24) is 5.32 Å². The summed E-state index contributed by atoms with van der Waals surface area (Å²) in [4.78, 5) is 22.9. The maximum atomic E-state index is 13.2. The fraction of sp³-hybridized carbons (Fsp3) is 0.385. The molecule has 5 nitrogen and oxygen atoms in total. The molecule has 1 atom stereocenters. The van der Waals surface area contributed by atoms with Crippen LogP contribution < -0.4 is 5.32 Å². The third-order valence-corrected chi connectivity index (χ3v) is 3.05. The van der Waals surface area contributed by atoms with Crippen molar-refractivity contribution >= 4 is 12.1 Å². The molecule has 1 aliphatic carbocycles. The number of amides is 1. The molecule has 1 aromatic rings. The summed E-state index contributed by atoms with van der Waals surface area (Å²) in [5.41, 5.74) is -1.59. The molecule has 1 unspecified atom stereocenters. The molecule has 0 saturated heterocycles. The van der Waals surface area contributed by atoms with E-state index in [-0.39, 0.29) is 6.61 Å². The summed E-state index contributed by atoms with van der Waals surface area (Å²) in [5, 5.41) is 1.89. The van der Waals surface area contributed by atoms with Gasteiger partial charge in [0, 0.05) is 0 Å². The van der Waals surface area contributed by atoms with Crippen LogP contribution in [-0.2, 0) is 20.9 Å². The zero-order valence-corrected chi connectivity index (χ0v) is 10.7. The van der Waals surface area contributed by atoms with E-state index in [1.165, 1.54) is 0 Å². The van der Waals surface area contributed by atoms with Gasteiger partial charge in [-0.15, -0.1) is 0 Å². The fourth-order valence-corrected chi connectivity index (χ4v) is 1.80. The first-order chi connectivity index (χ1) is 9.41. The minimum absolute atomic E-state index is 0.0739. The summed E-state index contributed by atoms with van der Waals surface area (Å²) in [6.45, 7) is -0.0739. The number of carbonyl (C=O) groups excluding carboxylic acids is 2. The predicted molar refractivity (Wildman–Crippen MR) is 64.1 cm³/mol. The van der Waals surface area contributed by atoms with E-state index < -0.39 is 29.9 Å². The van der Waals surface area contributed by atoms with Gasteiger partial charge in [-0.3, -0.25) is 5.32 Å². The Labute approximate surface area is 113 Å². The van der Waals surface area contributed by atoms with Crippen molar-refractivity contribution in [2.45, 2.75) is 24.5 Å². The van der Waals surface area contributed by atoms with Crippen LogP contribution in [0, 0.1) is 0 Å². The van der Waals surface area contributed by atoms with Gasteiger partial charge in [0.25, 0.3) is 5.92 Å². The lowest BCUT2D eigenvalue weighted by atomic mass is 10.2. The number of esters is 1. The van der Waals surface area contributed by atoms with Crippen molar-refractivity contribution in [2.75, 3.05) is 7.11 Å². The largest absolute Gasteiger partial charge is 0.467 e. The van der Waals surface area contributed by atoms with E-state index in [0.29, 0.717) is 5.56 Å². The highest BCUT2D eigenvalue weighted by molar-refractivity contribution is 5.91. The van der Waals surface area contributed by atoms with Crippen LogP contribution in [0.1, 0.15) is 12.0 Å². The summed E-state index contributed by atoms with van der Waals surface area (Å²) in [5.74, 6) is -4.49. The molecule has 0 radical (unpaired) electrons. The van der Waals surface area contributed by atoms with Gasteiger partial charge in [-0.2, -0.15) is 0 Å². The van der Waals surface area contributed by atoms with Crippen molar-refractivity contribution in [1.29, 1.82) is 0 Å². The van der Waals surface area contributed by atoms with Crippen LogP contribution in [0.25, 0.3) is 0 Å². The van der Waals surface area contributed by atoms with Crippen molar-refractivity contribution in [3.8, 4) is 0 Å². The number of alkyl halides is 2. The molecule has 20 heavy (non-hydrogen) atoms. The maximum Gasteiger partial charge on any atom is 0.408 e. The predicted octanol–water partition coefficient (Wildman–Crippen LogP) is 1.86. The van der Waals surface area contributed by atoms with E-state index in [2.05, 4.69) is 4.74 Å². The highest BCUT2D eigenvalue weighted by Gasteiger charge is 2.78. The first kappa shape index (κ1) is 14.2. The molecule has 0 bridgehead atoms. The molecule has 1 amide bonds. The van der Waals surface area contributed by atoms with Crippen LogP contribution in [0.4, 0.5) is 13.6 Å². The number of carbonyl (C=O) groups is 2. The van der Waals surface area contributed by atoms with E-state index in [9.17, 15) is 18.4 Å². The molecule has 108 valence electrons. The molecule has 1 aliphatic rings. The summed E-state index contributed by atoms with van der Waals surface area (Å²) in [6.07, 6.45) is -1.87. The highest BCUT2D eigenvalue weighted by atomic mass is 19.3. The van der Waals surface area contributed by atoms with Gasteiger partial charge < -0.3 is 9.47 Å². The topological polar surface area (TPSA) is 64.6 Å². The van der Waals surface area contributed by atoms with Crippen LogP contribution in [0.2, 0.25) is 0 Å². The lowest BCUT2D eigenvalue weighted by Crippen LogP contribution is -2.48. The van der Waals surface area contributed by atoms with Crippen LogP contribution >= 0.6 is 0 Å². The Morgan fingerprint density at radius 1 is 1.30 bits per heavy atom. The number of nitrogens with one attached hydrogen (secondary N) is 1. The number of hydrogen-bond donors (Lipinski definition) is 1. The van der Waals surface area contributed by atoms with Crippen LogP contribution in [0.15, 0.2) is 30.3 Å². The van der Waals surface area contributed by atoms with Gasteiger partial charge in [0.1, 0.15) is 6.61 Å². The Bertz CT molecular complexity index is 520. The molecular weight excluding hydrogens is 272 g/mol. The number of alkyl carbamates (subject to hydrolysis) is 1. The number of methoxy groups -OCH3 is 1. The smallest absolute Gasteiger partial charge is 0.408 e. The Morgan fingerprint density at radius 3 is 2.40 bits per heavy atom. The lowest BCUT2D eigenvalue weighted by Gasteiger charge is -2.15. The molecule has 0 spiro atoms.